The molecule has 2 atom stereocenters. The summed E-state index contributed by atoms with van der Waals surface area (Å²) in [4.78, 5) is 4.11. The number of hydrazine groups is 1. The third kappa shape index (κ3) is 3.26. The number of aryl methyl sites for hydroxylation is 1. The van der Waals surface area contributed by atoms with E-state index in [2.05, 4.69) is 21.2 Å². The lowest BCUT2D eigenvalue weighted by molar-refractivity contribution is 0.475. The molecular formula is C15H17ClN4O. The van der Waals surface area contributed by atoms with Gasteiger partial charge in [0.15, 0.2) is 0 Å². The van der Waals surface area contributed by atoms with Gasteiger partial charge in [-0.05, 0) is 42.3 Å². The first kappa shape index (κ1) is 14.1. The molecule has 110 valence electrons. The zero-order chi connectivity index (χ0) is 14.8. The second kappa shape index (κ2) is 5.89. The van der Waals surface area contributed by atoms with Gasteiger partial charge < -0.3 is 10.4 Å². The fraction of sp³-hybridized carbons (Fsp3) is 0.267. The van der Waals surface area contributed by atoms with Crippen LogP contribution in [0.2, 0.25) is 5.15 Å². The molecule has 0 radical (unpaired) electrons. The molecule has 1 saturated heterocycles. The molecule has 0 amide bonds. The van der Waals surface area contributed by atoms with Crippen LogP contribution in [0.5, 0.6) is 5.75 Å². The van der Waals surface area contributed by atoms with Gasteiger partial charge in [-0.2, -0.15) is 0 Å². The molecule has 5 nitrogen and oxygen atoms in total. The quantitative estimate of drug-likeness (QED) is 0.518. The molecule has 2 heterocycles. The second-order valence-electron chi connectivity index (χ2n) is 5.19. The van der Waals surface area contributed by atoms with Gasteiger partial charge in [0.05, 0.1) is 12.2 Å². The van der Waals surface area contributed by atoms with Gasteiger partial charge in [0.25, 0.3) is 0 Å². The average molecular weight is 305 g/mol. The van der Waals surface area contributed by atoms with E-state index in [1.807, 2.05) is 19.1 Å². The normalized spacial score (nSPS) is 21.4. The Morgan fingerprint density at radius 3 is 2.86 bits per heavy atom. The second-order valence-corrected chi connectivity index (χ2v) is 5.57. The minimum absolute atomic E-state index is 0.105. The van der Waals surface area contributed by atoms with Gasteiger partial charge in [0, 0.05) is 18.3 Å². The minimum atomic E-state index is 0.105. The highest BCUT2D eigenvalue weighted by Crippen LogP contribution is 2.25. The lowest BCUT2D eigenvalue weighted by Crippen LogP contribution is -2.36. The first-order chi connectivity index (χ1) is 10.1. The number of nitrogens with one attached hydrogen (secondary N) is 3. The van der Waals surface area contributed by atoms with Crippen molar-refractivity contribution in [2.24, 2.45) is 0 Å². The summed E-state index contributed by atoms with van der Waals surface area (Å²) in [6, 6.07) is 9.25. The van der Waals surface area contributed by atoms with E-state index < -0.39 is 0 Å². The lowest BCUT2D eigenvalue weighted by Gasteiger charge is -2.15. The molecule has 0 spiro atoms. The molecule has 1 aliphatic heterocycles. The van der Waals surface area contributed by atoms with Crippen LogP contribution < -0.4 is 16.2 Å². The maximum Gasteiger partial charge on any atom is 0.129 e. The largest absolute Gasteiger partial charge is 0.508 e. The lowest BCUT2D eigenvalue weighted by atomic mass is 10.1. The predicted molar refractivity (Wildman–Crippen MR) is 83.1 cm³/mol. The highest BCUT2D eigenvalue weighted by atomic mass is 35.5. The van der Waals surface area contributed by atoms with Crippen LogP contribution in [-0.2, 0) is 0 Å². The number of aromatic nitrogens is 1. The number of nitrogens with zero attached hydrogens (tertiary/aromatic N) is 1. The predicted octanol–water partition coefficient (Wildman–Crippen LogP) is 2.73. The van der Waals surface area contributed by atoms with Crippen LogP contribution in [0, 0.1) is 6.92 Å². The Labute approximate surface area is 128 Å². The van der Waals surface area contributed by atoms with Crippen molar-refractivity contribution in [3.05, 3.63) is 52.8 Å². The van der Waals surface area contributed by atoms with Gasteiger partial charge in [-0.1, -0.05) is 17.7 Å². The van der Waals surface area contributed by atoms with E-state index in [1.165, 1.54) is 0 Å². The number of phenols is 1. The van der Waals surface area contributed by atoms with E-state index in [0.717, 1.165) is 23.2 Å². The summed E-state index contributed by atoms with van der Waals surface area (Å²) in [5.41, 5.74) is 9.58. The number of benzene rings is 1. The molecule has 4 N–H and O–H groups in total. The Kier molecular flexibility index (Phi) is 3.96. The Hall–Kier alpha value is -1.82. The zero-order valence-electron chi connectivity index (χ0n) is 11.6. The van der Waals surface area contributed by atoms with Crippen molar-refractivity contribution in [2.75, 3.05) is 5.32 Å². The molecule has 21 heavy (non-hydrogen) atoms. The molecular weight excluding hydrogens is 288 g/mol. The third-order valence-corrected chi connectivity index (χ3v) is 3.82. The monoisotopic (exact) mass is 304 g/mol. The van der Waals surface area contributed by atoms with Crippen molar-refractivity contribution < 1.29 is 5.11 Å². The van der Waals surface area contributed by atoms with E-state index in [0.29, 0.717) is 5.15 Å². The Morgan fingerprint density at radius 2 is 2.14 bits per heavy atom. The fourth-order valence-corrected chi connectivity index (χ4v) is 2.57. The van der Waals surface area contributed by atoms with Crippen LogP contribution in [0.3, 0.4) is 0 Å². The summed E-state index contributed by atoms with van der Waals surface area (Å²) >= 11 is 5.80. The summed E-state index contributed by atoms with van der Waals surface area (Å²) in [5, 5.41) is 13.4. The molecule has 0 bridgehead atoms. The zero-order valence-corrected chi connectivity index (χ0v) is 12.4. The highest BCUT2D eigenvalue weighted by Gasteiger charge is 2.25. The number of aromatic hydroxyl groups is 1. The van der Waals surface area contributed by atoms with Crippen LogP contribution in [-0.4, -0.2) is 16.3 Å². The van der Waals surface area contributed by atoms with Crippen molar-refractivity contribution in [3.63, 3.8) is 0 Å². The fourth-order valence-electron chi connectivity index (χ4n) is 2.46. The van der Waals surface area contributed by atoms with Crippen LogP contribution in [0.4, 0.5) is 5.69 Å². The molecule has 1 aromatic heterocycles. The van der Waals surface area contributed by atoms with Gasteiger partial charge in [0.2, 0.25) is 0 Å². The Bertz CT molecular complexity index is 632. The standard InChI is InChI=1S/C15H17ClN4O/c1-9-6-11(21)3-4-12(9)18-15-7-13(19-20-15)10-2-5-14(16)17-8-10/h2-6,8,13,15,18-21H,7H2,1H3. The Morgan fingerprint density at radius 1 is 1.29 bits per heavy atom. The number of halogens is 1. The molecule has 0 saturated carbocycles. The first-order valence-corrected chi connectivity index (χ1v) is 7.18. The molecule has 0 aliphatic carbocycles. The topological polar surface area (TPSA) is 69.2 Å². The molecule has 1 aromatic carbocycles. The van der Waals surface area contributed by atoms with E-state index >= 15 is 0 Å². The maximum absolute atomic E-state index is 9.44. The van der Waals surface area contributed by atoms with E-state index in [9.17, 15) is 5.11 Å². The highest BCUT2D eigenvalue weighted by molar-refractivity contribution is 6.29. The number of rotatable bonds is 3. The smallest absolute Gasteiger partial charge is 0.129 e. The maximum atomic E-state index is 9.44. The van der Waals surface area contributed by atoms with Gasteiger partial charge in [-0.25, -0.2) is 15.8 Å². The number of hydrogen-bond donors (Lipinski definition) is 4. The summed E-state index contributed by atoms with van der Waals surface area (Å²) in [6.07, 6.45) is 2.77. The van der Waals surface area contributed by atoms with E-state index in [-0.39, 0.29) is 18.0 Å². The number of hydrogen-bond acceptors (Lipinski definition) is 5. The van der Waals surface area contributed by atoms with Crippen molar-refractivity contribution in [1.82, 2.24) is 15.8 Å². The van der Waals surface area contributed by atoms with E-state index in [4.69, 9.17) is 11.6 Å². The minimum Gasteiger partial charge on any atom is -0.508 e. The number of pyridine rings is 1. The SMILES string of the molecule is Cc1cc(O)ccc1NC1CC(c2ccc(Cl)nc2)NN1. The summed E-state index contributed by atoms with van der Waals surface area (Å²) in [7, 11) is 0. The van der Waals surface area contributed by atoms with Crippen molar-refractivity contribution in [1.29, 1.82) is 0 Å². The van der Waals surface area contributed by atoms with Gasteiger partial charge in [-0.15, -0.1) is 0 Å². The van der Waals surface area contributed by atoms with Gasteiger partial charge >= 0.3 is 0 Å². The molecule has 1 fully saturated rings. The van der Waals surface area contributed by atoms with Crippen molar-refractivity contribution in [2.45, 2.75) is 25.6 Å². The molecule has 2 unspecified atom stereocenters. The van der Waals surface area contributed by atoms with Crippen LogP contribution >= 0.6 is 11.6 Å². The van der Waals surface area contributed by atoms with Crippen molar-refractivity contribution >= 4 is 17.3 Å². The van der Waals surface area contributed by atoms with Gasteiger partial charge in [0.1, 0.15) is 10.9 Å². The molecule has 6 heteroatoms. The van der Waals surface area contributed by atoms with Crippen molar-refractivity contribution in [3.8, 4) is 5.75 Å². The van der Waals surface area contributed by atoms with Crippen LogP contribution in [0.15, 0.2) is 36.5 Å². The average Bonchev–Trinajstić information content (AvgIpc) is 2.91. The van der Waals surface area contributed by atoms with Crippen LogP contribution in [0.1, 0.15) is 23.6 Å². The molecule has 2 aromatic rings. The third-order valence-electron chi connectivity index (χ3n) is 3.60. The first-order valence-electron chi connectivity index (χ1n) is 6.80. The van der Waals surface area contributed by atoms with E-state index in [1.54, 1.807) is 24.4 Å². The number of phenolic OH excluding ortho intramolecular Hbond substituents is 1. The summed E-state index contributed by atoms with van der Waals surface area (Å²) in [6.45, 7) is 1.96. The molecule has 3 rings (SSSR count). The summed E-state index contributed by atoms with van der Waals surface area (Å²) in [5.74, 6) is 0.278. The summed E-state index contributed by atoms with van der Waals surface area (Å²) < 4.78 is 0. The molecule has 1 aliphatic rings. The van der Waals surface area contributed by atoms with Crippen LogP contribution in [0.25, 0.3) is 0 Å². The Balaban J connectivity index is 1.65. The number of anilines is 1. The van der Waals surface area contributed by atoms with Gasteiger partial charge in [-0.3, -0.25) is 0 Å².